The molecule has 3 rings (SSSR count). The number of amides is 1. The molecule has 2 aliphatic rings. The Kier molecular flexibility index (Phi) is 5.81. The summed E-state index contributed by atoms with van der Waals surface area (Å²) in [7, 11) is 1.25. The standard InChI is InChI=1S/C19H25NO7/c1-18(2)26-15-14(10-24-9-13-7-5-4-6-8-13)25-19(12-21,16(15)27-18)11-20-17(22)23-3/h4-8,12,14-16H,9-11H2,1-3H3,(H,20,22)/t14-,15-,16-,19-/m1/s1. The van der Waals surface area contributed by atoms with Crippen LogP contribution < -0.4 is 5.32 Å². The first kappa shape index (κ1) is 19.8. The third kappa shape index (κ3) is 4.30. The maximum atomic E-state index is 11.9. The smallest absolute Gasteiger partial charge is 0.406 e. The van der Waals surface area contributed by atoms with E-state index in [1.54, 1.807) is 13.8 Å². The van der Waals surface area contributed by atoms with Crippen LogP contribution in [0.15, 0.2) is 30.3 Å². The van der Waals surface area contributed by atoms with Crippen molar-refractivity contribution in [2.45, 2.75) is 50.2 Å². The van der Waals surface area contributed by atoms with Crippen molar-refractivity contribution in [2.24, 2.45) is 0 Å². The molecule has 8 heteroatoms. The van der Waals surface area contributed by atoms with Gasteiger partial charge in [-0.15, -0.1) is 0 Å². The molecule has 1 amide bonds. The molecule has 2 saturated heterocycles. The maximum Gasteiger partial charge on any atom is 0.406 e. The lowest BCUT2D eigenvalue weighted by Crippen LogP contribution is -2.53. The highest BCUT2D eigenvalue weighted by Crippen LogP contribution is 2.43. The molecule has 27 heavy (non-hydrogen) atoms. The molecule has 8 nitrogen and oxygen atoms in total. The van der Waals surface area contributed by atoms with Gasteiger partial charge >= 0.3 is 6.09 Å². The molecule has 2 fully saturated rings. The van der Waals surface area contributed by atoms with Crippen LogP contribution >= 0.6 is 0 Å². The zero-order chi connectivity index (χ0) is 19.5. The first-order chi connectivity index (χ1) is 12.9. The van der Waals surface area contributed by atoms with E-state index < -0.39 is 35.8 Å². The quantitative estimate of drug-likeness (QED) is 0.716. The minimum absolute atomic E-state index is 0.0844. The fourth-order valence-electron chi connectivity index (χ4n) is 3.41. The molecule has 4 atom stereocenters. The van der Waals surface area contributed by atoms with E-state index in [2.05, 4.69) is 10.1 Å². The molecule has 2 heterocycles. The van der Waals surface area contributed by atoms with Crippen molar-refractivity contribution in [1.82, 2.24) is 5.32 Å². The average molecular weight is 379 g/mol. The van der Waals surface area contributed by atoms with Gasteiger partial charge in [0.1, 0.15) is 18.3 Å². The Morgan fingerprint density at radius 3 is 2.63 bits per heavy atom. The van der Waals surface area contributed by atoms with Crippen LogP contribution in [0.25, 0.3) is 0 Å². The zero-order valence-electron chi connectivity index (χ0n) is 15.7. The van der Waals surface area contributed by atoms with E-state index in [9.17, 15) is 9.59 Å². The Hall–Kier alpha value is -2.00. The van der Waals surface area contributed by atoms with Crippen molar-refractivity contribution in [1.29, 1.82) is 0 Å². The minimum atomic E-state index is -1.37. The highest BCUT2D eigenvalue weighted by Gasteiger charge is 2.63. The van der Waals surface area contributed by atoms with Crippen LogP contribution in [0.5, 0.6) is 0 Å². The summed E-state index contributed by atoms with van der Waals surface area (Å²) < 4.78 is 28.2. The molecule has 2 aliphatic heterocycles. The van der Waals surface area contributed by atoms with E-state index in [0.717, 1.165) is 5.56 Å². The fraction of sp³-hybridized carbons (Fsp3) is 0.579. The Labute approximate surface area is 158 Å². The molecule has 0 aliphatic carbocycles. The molecule has 1 N–H and O–H groups in total. The van der Waals surface area contributed by atoms with Crippen molar-refractivity contribution in [3.63, 3.8) is 0 Å². The number of aldehydes is 1. The van der Waals surface area contributed by atoms with Gasteiger partial charge in [0, 0.05) is 0 Å². The largest absolute Gasteiger partial charge is 0.453 e. The second-order valence-corrected chi connectivity index (χ2v) is 7.10. The van der Waals surface area contributed by atoms with Crippen LogP contribution in [0.4, 0.5) is 4.79 Å². The van der Waals surface area contributed by atoms with E-state index in [1.165, 1.54) is 7.11 Å². The Bertz CT molecular complexity index is 665. The highest BCUT2D eigenvalue weighted by atomic mass is 16.8. The van der Waals surface area contributed by atoms with Crippen molar-refractivity contribution >= 4 is 12.4 Å². The number of hydrogen-bond acceptors (Lipinski definition) is 7. The number of hydrogen-bond donors (Lipinski definition) is 1. The number of benzene rings is 1. The number of alkyl carbamates (subject to hydrolysis) is 1. The molecule has 0 aromatic heterocycles. The highest BCUT2D eigenvalue weighted by molar-refractivity contribution is 5.71. The summed E-state index contributed by atoms with van der Waals surface area (Å²) in [5.74, 6) is -0.865. The fourth-order valence-corrected chi connectivity index (χ4v) is 3.41. The van der Waals surface area contributed by atoms with Gasteiger partial charge in [-0.05, 0) is 19.4 Å². The molecule has 0 radical (unpaired) electrons. The van der Waals surface area contributed by atoms with Gasteiger partial charge in [0.05, 0.1) is 26.9 Å². The van der Waals surface area contributed by atoms with Gasteiger partial charge in [0.2, 0.25) is 0 Å². The van der Waals surface area contributed by atoms with Gasteiger partial charge in [-0.1, -0.05) is 30.3 Å². The molecule has 0 saturated carbocycles. The Morgan fingerprint density at radius 2 is 1.96 bits per heavy atom. The number of methoxy groups -OCH3 is 1. The number of fused-ring (bicyclic) bond motifs is 1. The van der Waals surface area contributed by atoms with E-state index in [4.69, 9.17) is 18.9 Å². The van der Waals surface area contributed by atoms with Crippen LogP contribution in [0.1, 0.15) is 19.4 Å². The summed E-state index contributed by atoms with van der Waals surface area (Å²) in [6, 6.07) is 9.74. The van der Waals surface area contributed by atoms with Crippen LogP contribution in [0.2, 0.25) is 0 Å². The molecule has 0 bridgehead atoms. The lowest BCUT2D eigenvalue weighted by Gasteiger charge is -2.30. The van der Waals surface area contributed by atoms with Crippen molar-refractivity contribution in [3.05, 3.63) is 35.9 Å². The van der Waals surface area contributed by atoms with Gasteiger partial charge in [0.25, 0.3) is 0 Å². The topological polar surface area (TPSA) is 92.3 Å². The summed E-state index contributed by atoms with van der Waals surface area (Å²) in [5.41, 5.74) is -0.335. The summed E-state index contributed by atoms with van der Waals surface area (Å²) in [6.45, 7) is 4.10. The van der Waals surface area contributed by atoms with Gasteiger partial charge < -0.3 is 29.0 Å². The molecular weight excluding hydrogens is 354 g/mol. The molecule has 148 valence electrons. The summed E-state index contributed by atoms with van der Waals surface area (Å²) in [5, 5.41) is 2.51. The number of nitrogens with one attached hydrogen (secondary N) is 1. The zero-order valence-corrected chi connectivity index (χ0v) is 15.7. The monoisotopic (exact) mass is 379 g/mol. The van der Waals surface area contributed by atoms with E-state index in [-0.39, 0.29) is 13.2 Å². The number of ether oxygens (including phenoxy) is 5. The van der Waals surface area contributed by atoms with Gasteiger partial charge in [-0.25, -0.2) is 4.79 Å². The molecule has 1 aromatic carbocycles. The number of carbonyl (C=O) groups is 2. The number of carbonyl (C=O) groups excluding carboxylic acids is 2. The van der Waals surface area contributed by atoms with Crippen molar-refractivity contribution < 1.29 is 33.3 Å². The summed E-state index contributed by atoms with van der Waals surface area (Å²) in [6.07, 6.45) is -1.65. The average Bonchev–Trinajstić information content (AvgIpc) is 3.13. The van der Waals surface area contributed by atoms with Gasteiger partial charge in [0.15, 0.2) is 17.7 Å². The summed E-state index contributed by atoms with van der Waals surface area (Å²) in [4.78, 5) is 23.4. The van der Waals surface area contributed by atoms with Crippen LogP contribution in [0.3, 0.4) is 0 Å². The van der Waals surface area contributed by atoms with E-state index >= 15 is 0 Å². The Morgan fingerprint density at radius 1 is 1.22 bits per heavy atom. The first-order valence-corrected chi connectivity index (χ1v) is 8.82. The third-order valence-electron chi connectivity index (χ3n) is 4.64. The lowest BCUT2D eigenvalue weighted by atomic mass is 9.96. The van der Waals surface area contributed by atoms with Crippen LogP contribution in [-0.4, -0.2) is 62.3 Å². The molecule has 1 aromatic rings. The SMILES string of the molecule is COC(=O)NC[C@]1(C=O)O[C@H](COCc2ccccc2)[C@H]2OC(C)(C)O[C@H]21. The predicted molar refractivity (Wildman–Crippen MR) is 94.0 cm³/mol. The maximum absolute atomic E-state index is 11.9. The predicted octanol–water partition coefficient (Wildman–Crippen LogP) is 1.42. The second-order valence-electron chi connectivity index (χ2n) is 7.10. The summed E-state index contributed by atoms with van der Waals surface area (Å²) >= 11 is 0. The van der Waals surface area contributed by atoms with E-state index in [0.29, 0.717) is 12.9 Å². The Balaban J connectivity index is 1.69. The lowest BCUT2D eigenvalue weighted by molar-refractivity contribution is -0.208. The van der Waals surface area contributed by atoms with Gasteiger partial charge in [-0.3, -0.25) is 4.79 Å². The molecule has 0 unspecified atom stereocenters. The molecular formula is C19H25NO7. The number of rotatable bonds is 7. The first-order valence-electron chi connectivity index (χ1n) is 8.82. The van der Waals surface area contributed by atoms with Gasteiger partial charge in [-0.2, -0.15) is 0 Å². The minimum Gasteiger partial charge on any atom is -0.453 e. The molecule has 0 spiro atoms. The van der Waals surface area contributed by atoms with Crippen LogP contribution in [-0.2, 0) is 35.1 Å². The second kappa shape index (κ2) is 7.93. The van der Waals surface area contributed by atoms with E-state index in [1.807, 2.05) is 30.3 Å². The van der Waals surface area contributed by atoms with Crippen molar-refractivity contribution in [2.75, 3.05) is 20.3 Å². The van der Waals surface area contributed by atoms with Crippen LogP contribution in [0, 0.1) is 0 Å². The normalized spacial score (nSPS) is 31.3. The third-order valence-corrected chi connectivity index (χ3v) is 4.64. The van der Waals surface area contributed by atoms with Crippen molar-refractivity contribution in [3.8, 4) is 0 Å².